The van der Waals surface area contributed by atoms with Crippen molar-refractivity contribution in [3.8, 4) is 0 Å². The predicted molar refractivity (Wildman–Crippen MR) is 81.5 cm³/mol. The number of hydrogen-bond acceptors (Lipinski definition) is 5. The van der Waals surface area contributed by atoms with Crippen molar-refractivity contribution < 1.29 is 17.9 Å². The Hall–Kier alpha value is -0.700. The van der Waals surface area contributed by atoms with Crippen LogP contribution in [0, 0.1) is 5.92 Å². The average molecular weight is 321 g/mol. The van der Waals surface area contributed by atoms with E-state index in [9.17, 15) is 13.2 Å². The number of rotatable bonds is 8. The monoisotopic (exact) mass is 321 g/mol. The maximum Gasteiger partial charge on any atom is 0.235 e. The number of piperidine rings is 1. The molecule has 124 valence electrons. The highest BCUT2D eigenvalue weighted by atomic mass is 32.2. The molecule has 1 aliphatic rings. The van der Waals surface area contributed by atoms with Gasteiger partial charge in [-0.3, -0.25) is 4.79 Å². The smallest absolute Gasteiger partial charge is 0.235 e. The Kier molecular flexibility index (Phi) is 7.58. The van der Waals surface area contributed by atoms with E-state index in [2.05, 4.69) is 22.3 Å². The molecule has 1 aliphatic heterocycles. The first-order chi connectivity index (χ1) is 9.80. The Bertz CT molecular complexity index is 425. The van der Waals surface area contributed by atoms with Crippen LogP contribution in [0.1, 0.15) is 27.2 Å². The van der Waals surface area contributed by atoms with Crippen LogP contribution in [0.2, 0.25) is 0 Å². The van der Waals surface area contributed by atoms with Gasteiger partial charge in [0.1, 0.15) is 0 Å². The third-order valence-electron chi connectivity index (χ3n) is 3.39. The van der Waals surface area contributed by atoms with Crippen LogP contribution >= 0.6 is 0 Å². The minimum absolute atomic E-state index is 0.00935. The lowest BCUT2D eigenvalue weighted by atomic mass is 9.95. The molecule has 0 spiro atoms. The highest BCUT2D eigenvalue weighted by molar-refractivity contribution is 7.89. The topological polar surface area (TPSA) is 96.5 Å². The van der Waals surface area contributed by atoms with Gasteiger partial charge >= 0.3 is 0 Å². The Morgan fingerprint density at radius 3 is 2.76 bits per heavy atom. The van der Waals surface area contributed by atoms with E-state index in [0.717, 1.165) is 19.5 Å². The van der Waals surface area contributed by atoms with Gasteiger partial charge < -0.3 is 15.4 Å². The van der Waals surface area contributed by atoms with Gasteiger partial charge in [-0.2, -0.15) is 0 Å². The number of carbonyl (C=O) groups excluding carboxylic acids is 1. The lowest BCUT2D eigenvalue weighted by molar-refractivity contribution is -0.121. The SMILES string of the molecule is CC(C)OCCS(=O)(=O)NCC(=O)NC1CCNCC1C. The molecule has 2 atom stereocenters. The van der Waals surface area contributed by atoms with Crippen LogP contribution in [0.3, 0.4) is 0 Å². The van der Waals surface area contributed by atoms with Gasteiger partial charge in [0.05, 0.1) is 25.0 Å². The number of ether oxygens (including phenoxy) is 1. The molecule has 21 heavy (non-hydrogen) atoms. The molecule has 0 aromatic rings. The fraction of sp³-hybridized carbons (Fsp3) is 0.923. The molecule has 7 nitrogen and oxygen atoms in total. The van der Waals surface area contributed by atoms with Gasteiger partial charge in [-0.1, -0.05) is 6.92 Å². The first kappa shape index (κ1) is 18.3. The van der Waals surface area contributed by atoms with E-state index >= 15 is 0 Å². The zero-order valence-corrected chi connectivity index (χ0v) is 13.8. The third-order valence-corrected chi connectivity index (χ3v) is 4.68. The standard InChI is InChI=1S/C13H27N3O4S/c1-10(2)20-6-7-21(18,19)15-9-13(17)16-12-4-5-14-8-11(12)3/h10-12,14-15H,4-9H2,1-3H3,(H,16,17). The number of nitrogens with one attached hydrogen (secondary N) is 3. The lowest BCUT2D eigenvalue weighted by Gasteiger charge is -2.30. The zero-order valence-electron chi connectivity index (χ0n) is 13.0. The molecule has 1 amide bonds. The van der Waals surface area contributed by atoms with E-state index in [-0.39, 0.29) is 37.0 Å². The Morgan fingerprint density at radius 1 is 1.43 bits per heavy atom. The van der Waals surface area contributed by atoms with Crippen LogP contribution in [0.25, 0.3) is 0 Å². The van der Waals surface area contributed by atoms with Crippen LogP contribution in [-0.2, 0) is 19.6 Å². The van der Waals surface area contributed by atoms with E-state index in [4.69, 9.17) is 4.74 Å². The Morgan fingerprint density at radius 2 is 2.14 bits per heavy atom. The number of hydrogen-bond donors (Lipinski definition) is 3. The highest BCUT2D eigenvalue weighted by Gasteiger charge is 2.23. The number of carbonyl (C=O) groups is 1. The molecule has 0 aliphatic carbocycles. The molecule has 0 aromatic heterocycles. The molecular formula is C13H27N3O4S. The van der Waals surface area contributed by atoms with Crippen molar-refractivity contribution in [2.24, 2.45) is 5.92 Å². The molecule has 0 aromatic carbocycles. The predicted octanol–water partition coefficient (Wildman–Crippen LogP) is -0.555. The molecule has 0 radical (unpaired) electrons. The second kappa shape index (κ2) is 8.67. The molecule has 3 N–H and O–H groups in total. The van der Waals surface area contributed by atoms with Crippen LogP contribution in [0.5, 0.6) is 0 Å². The number of amides is 1. The van der Waals surface area contributed by atoms with Crippen molar-refractivity contribution in [3.63, 3.8) is 0 Å². The summed E-state index contributed by atoms with van der Waals surface area (Å²) in [6.45, 7) is 7.38. The van der Waals surface area contributed by atoms with Crippen LogP contribution in [-0.4, -0.2) is 58.5 Å². The maximum atomic E-state index is 11.8. The van der Waals surface area contributed by atoms with Crippen LogP contribution in [0.15, 0.2) is 0 Å². The van der Waals surface area contributed by atoms with Gasteiger partial charge in [0.2, 0.25) is 15.9 Å². The van der Waals surface area contributed by atoms with E-state index in [1.54, 1.807) is 0 Å². The second-order valence-corrected chi connectivity index (χ2v) is 7.63. The average Bonchev–Trinajstić information content (AvgIpc) is 2.39. The van der Waals surface area contributed by atoms with Crippen molar-refractivity contribution in [2.45, 2.75) is 39.3 Å². The molecule has 0 saturated carbocycles. The van der Waals surface area contributed by atoms with E-state index in [0.29, 0.717) is 5.92 Å². The number of sulfonamides is 1. The Labute approximate surface area is 127 Å². The first-order valence-corrected chi connectivity index (χ1v) is 9.04. The summed E-state index contributed by atoms with van der Waals surface area (Å²) < 4.78 is 30.9. The third kappa shape index (κ3) is 7.75. The normalized spacial score (nSPS) is 23.2. The van der Waals surface area contributed by atoms with Crippen molar-refractivity contribution in [2.75, 3.05) is 32.0 Å². The molecular weight excluding hydrogens is 294 g/mol. The summed E-state index contributed by atoms with van der Waals surface area (Å²) in [5.74, 6) is -0.0804. The summed E-state index contributed by atoms with van der Waals surface area (Å²) in [5.41, 5.74) is 0. The van der Waals surface area contributed by atoms with Gasteiger partial charge in [-0.25, -0.2) is 13.1 Å². The lowest BCUT2D eigenvalue weighted by Crippen LogP contribution is -2.50. The molecule has 1 fully saturated rings. The van der Waals surface area contributed by atoms with Gasteiger partial charge in [0.15, 0.2) is 0 Å². The van der Waals surface area contributed by atoms with E-state index in [1.807, 2.05) is 13.8 Å². The molecule has 0 bridgehead atoms. The quantitative estimate of drug-likeness (QED) is 0.557. The summed E-state index contributed by atoms with van der Waals surface area (Å²) in [6, 6.07) is 0.104. The summed E-state index contributed by atoms with van der Waals surface area (Å²) in [6.07, 6.45) is 0.854. The summed E-state index contributed by atoms with van der Waals surface area (Å²) >= 11 is 0. The molecule has 8 heteroatoms. The van der Waals surface area contributed by atoms with Crippen molar-refractivity contribution in [3.05, 3.63) is 0 Å². The minimum atomic E-state index is -3.47. The molecule has 1 heterocycles. The first-order valence-electron chi connectivity index (χ1n) is 7.39. The van der Waals surface area contributed by atoms with Gasteiger partial charge in [0.25, 0.3) is 0 Å². The fourth-order valence-electron chi connectivity index (χ4n) is 2.13. The molecule has 1 saturated heterocycles. The Balaban J connectivity index is 2.28. The van der Waals surface area contributed by atoms with Gasteiger partial charge in [-0.05, 0) is 39.3 Å². The maximum absolute atomic E-state index is 11.8. The van der Waals surface area contributed by atoms with Gasteiger partial charge in [0, 0.05) is 6.04 Å². The largest absolute Gasteiger partial charge is 0.378 e. The highest BCUT2D eigenvalue weighted by Crippen LogP contribution is 2.09. The second-order valence-electron chi connectivity index (χ2n) is 5.70. The fourth-order valence-corrected chi connectivity index (χ4v) is 2.94. The molecule has 2 unspecified atom stereocenters. The summed E-state index contributed by atoms with van der Waals surface area (Å²) in [5, 5.41) is 6.13. The zero-order chi connectivity index (χ0) is 15.9. The van der Waals surface area contributed by atoms with E-state index < -0.39 is 10.0 Å². The van der Waals surface area contributed by atoms with Gasteiger partial charge in [-0.15, -0.1) is 0 Å². The van der Waals surface area contributed by atoms with Crippen molar-refractivity contribution >= 4 is 15.9 Å². The van der Waals surface area contributed by atoms with Crippen LogP contribution in [0.4, 0.5) is 0 Å². The van der Waals surface area contributed by atoms with E-state index in [1.165, 1.54) is 0 Å². The minimum Gasteiger partial charge on any atom is -0.378 e. The summed E-state index contributed by atoms with van der Waals surface area (Å²) in [7, 11) is -3.47. The van der Waals surface area contributed by atoms with Crippen LogP contribution < -0.4 is 15.4 Å². The van der Waals surface area contributed by atoms with Crippen molar-refractivity contribution in [1.82, 2.24) is 15.4 Å². The van der Waals surface area contributed by atoms with Crippen molar-refractivity contribution in [1.29, 1.82) is 0 Å². The summed E-state index contributed by atoms with van der Waals surface area (Å²) in [4.78, 5) is 11.8. The molecule has 1 rings (SSSR count).